The van der Waals surface area contributed by atoms with Gasteiger partial charge in [-0.25, -0.2) is 0 Å². The normalized spacial score (nSPS) is 12.7. The summed E-state index contributed by atoms with van der Waals surface area (Å²) >= 11 is 7.58. The van der Waals surface area contributed by atoms with Crippen molar-refractivity contribution >= 4 is 22.9 Å². The first-order valence-corrected chi connectivity index (χ1v) is 7.62. The number of thiophene rings is 1. The van der Waals surface area contributed by atoms with Crippen molar-refractivity contribution in [1.29, 1.82) is 0 Å². The van der Waals surface area contributed by atoms with E-state index in [1.807, 2.05) is 24.3 Å². The zero-order chi connectivity index (χ0) is 14.5. The lowest BCUT2D eigenvalue weighted by Crippen LogP contribution is -2.29. The predicted molar refractivity (Wildman–Crippen MR) is 85.6 cm³/mol. The molecule has 20 heavy (non-hydrogen) atoms. The van der Waals surface area contributed by atoms with Crippen LogP contribution in [-0.2, 0) is 6.54 Å². The molecule has 1 unspecified atom stereocenters. The molecule has 1 atom stereocenters. The first-order valence-electron chi connectivity index (χ1n) is 6.42. The van der Waals surface area contributed by atoms with Crippen LogP contribution in [0.1, 0.15) is 16.5 Å². The fourth-order valence-electron chi connectivity index (χ4n) is 2.21. The van der Waals surface area contributed by atoms with E-state index in [1.54, 1.807) is 18.4 Å². The Labute approximate surface area is 128 Å². The SMILES string of the molecule is COc1cccc(C(CN)N(C)Cc2ccc(Cl)s2)c1. The van der Waals surface area contributed by atoms with Crippen molar-refractivity contribution in [3.63, 3.8) is 0 Å². The second-order valence-corrected chi connectivity index (χ2v) is 6.45. The Morgan fingerprint density at radius 3 is 2.75 bits per heavy atom. The minimum absolute atomic E-state index is 0.158. The average Bonchev–Trinajstić information content (AvgIpc) is 2.85. The molecular weight excluding hydrogens is 292 g/mol. The largest absolute Gasteiger partial charge is 0.497 e. The third kappa shape index (κ3) is 3.73. The highest BCUT2D eigenvalue weighted by Gasteiger charge is 2.16. The number of nitrogens with zero attached hydrogens (tertiary/aromatic N) is 1. The van der Waals surface area contributed by atoms with Gasteiger partial charge in [0, 0.05) is 24.0 Å². The second-order valence-electron chi connectivity index (χ2n) is 4.65. The fourth-order valence-corrected chi connectivity index (χ4v) is 3.36. The lowest BCUT2D eigenvalue weighted by Gasteiger charge is -2.27. The highest BCUT2D eigenvalue weighted by molar-refractivity contribution is 7.16. The standard InChI is InChI=1S/C15H19ClN2OS/c1-18(10-13-6-7-15(16)20-13)14(9-17)11-4-3-5-12(8-11)19-2/h3-8,14H,9-10,17H2,1-2H3. The molecule has 0 saturated heterocycles. The van der Waals surface area contributed by atoms with Gasteiger partial charge in [0.25, 0.3) is 0 Å². The molecule has 0 aliphatic rings. The number of hydrogen-bond acceptors (Lipinski definition) is 4. The molecule has 0 radical (unpaired) electrons. The highest BCUT2D eigenvalue weighted by atomic mass is 35.5. The molecule has 0 spiro atoms. The maximum absolute atomic E-state index is 5.97. The molecule has 0 fully saturated rings. The van der Waals surface area contributed by atoms with Crippen molar-refractivity contribution < 1.29 is 4.74 Å². The first-order chi connectivity index (χ1) is 9.63. The molecule has 1 aromatic heterocycles. The van der Waals surface area contributed by atoms with Gasteiger partial charge in [0.05, 0.1) is 11.4 Å². The van der Waals surface area contributed by atoms with Crippen LogP contribution in [0.2, 0.25) is 4.34 Å². The topological polar surface area (TPSA) is 38.5 Å². The summed E-state index contributed by atoms with van der Waals surface area (Å²) in [6.07, 6.45) is 0. The van der Waals surface area contributed by atoms with Crippen LogP contribution in [0.15, 0.2) is 36.4 Å². The van der Waals surface area contributed by atoms with Crippen LogP contribution in [0.4, 0.5) is 0 Å². The van der Waals surface area contributed by atoms with Crippen LogP contribution in [0, 0.1) is 0 Å². The summed E-state index contributed by atoms with van der Waals surface area (Å²) in [6, 6.07) is 12.2. The summed E-state index contributed by atoms with van der Waals surface area (Å²) in [4.78, 5) is 3.47. The third-order valence-electron chi connectivity index (χ3n) is 3.27. The summed E-state index contributed by atoms with van der Waals surface area (Å²) < 4.78 is 6.09. The highest BCUT2D eigenvalue weighted by Crippen LogP contribution is 2.27. The molecule has 2 rings (SSSR count). The van der Waals surface area contributed by atoms with E-state index in [2.05, 4.69) is 24.1 Å². The smallest absolute Gasteiger partial charge is 0.119 e. The minimum Gasteiger partial charge on any atom is -0.497 e. The summed E-state index contributed by atoms with van der Waals surface area (Å²) in [5.41, 5.74) is 7.11. The van der Waals surface area contributed by atoms with Gasteiger partial charge < -0.3 is 10.5 Å². The number of nitrogens with two attached hydrogens (primary N) is 1. The summed E-state index contributed by atoms with van der Waals surface area (Å²) in [5, 5.41) is 0. The molecule has 0 saturated carbocycles. The summed E-state index contributed by atoms with van der Waals surface area (Å²) in [6.45, 7) is 1.39. The Kier molecular flexibility index (Phi) is 5.43. The molecule has 2 N–H and O–H groups in total. The maximum atomic E-state index is 5.97. The van der Waals surface area contributed by atoms with E-state index in [0.29, 0.717) is 6.54 Å². The molecule has 0 aliphatic heterocycles. The Morgan fingerprint density at radius 2 is 2.15 bits per heavy atom. The number of rotatable bonds is 6. The van der Waals surface area contributed by atoms with Crippen LogP contribution >= 0.6 is 22.9 Å². The van der Waals surface area contributed by atoms with E-state index in [9.17, 15) is 0 Å². The summed E-state index contributed by atoms with van der Waals surface area (Å²) in [5.74, 6) is 0.855. The second kappa shape index (κ2) is 7.09. The molecular formula is C15H19ClN2OS. The van der Waals surface area contributed by atoms with Crippen LogP contribution < -0.4 is 10.5 Å². The van der Waals surface area contributed by atoms with Crippen LogP contribution in [0.3, 0.4) is 0 Å². The van der Waals surface area contributed by atoms with Crippen LogP contribution in [0.5, 0.6) is 5.75 Å². The van der Waals surface area contributed by atoms with Gasteiger partial charge in [-0.15, -0.1) is 11.3 Å². The van der Waals surface area contributed by atoms with E-state index >= 15 is 0 Å². The fraction of sp³-hybridized carbons (Fsp3) is 0.333. The lowest BCUT2D eigenvalue weighted by atomic mass is 10.1. The third-order valence-corrected chi connectivity index (χ3v) is 4.48. The van der Waals surface area contributed by atoms with Crippen molar-refractivity contribution in [3.05, 3.63) is 51.2 Å². The molecule has 5 heteroatoms. The van der Waals surface area contributed by atoms with Gasteiger partial charge in [-0.05, 0) is 36.9 Å². The molecule has 0 aliphatic carbocycles. The molecule has 0 bridgehead atoms. The Hall–Kier alpha value is -1.07. The number of benzene rings is 1. The number of hydrogen-bond donors (Lipinski definition) is 1. The Balaban J connectivity index is 2.13. The average molecular weight is 311 g/mol. The molecule has 1 aromatic carbocycles. The van der Waals surface area contributed by atoms with Gasteiger partial charge >= 0.3 is 0 Å². The van der Waals surface area contributed by atoms with Gasteiger partial charge in [-0.3, -0.25) is 4.90 Å². The molecule has 1 heterocycles. The Bertz CT molecular complexity index is 558. The molecule has 0 amide bonds. The van der Waals surface area contributed by atoms with Crippen molar-refractivity contribution in [2.45, 2.75) is 12.6 Å². The van der Waals surface area contributed by atoms with Crippen LogP contribution in [-0.4, -0.2) is 25.6 Å². The summed E-state index contributed by atoms with van der Waals surface area (Å²) in [7, 11) is 3.75. The van der Waals surface area contributed by atoms with Crippen LogP contribution in [0.25, 0.3) is 0 Å². The van der Waals surface area contributed by atoms with Gasteiger partial charge in [0.2, 0.25) is 0 Å². The van der Waals surface area contributed by atoms with E-state index in [-0.39, 0.29) is 6.04 Å². The van der Waals surface area contributed by atoms with Crippen molar-refractivity contribution in [1.82, 2.24) is 4.90 Å². The number of likely N-dealkylation sites (N-methyl/N-ethyl adjacent to an activating group) is 1. The van der Waals surface area contributed by atoms with Crippen molar-refractivity contribution in [3.8, 4) is 5.75 Å². The Morgan fingerprint density at radius 1 is 1.35 bits per heavy atom. The maximum Gasteiger partial charge on any atom is 0.119 e. The van der Waals surface area contributed by atoms with E-state index in [0.717, 1.165) is 22.2 Å². The van der Waals surface area contributed by atoms with Gasteiger partial charge in [-0.1, -0.05) is 23.7 Å². The zero-order valence-corrected chi connectivity index (χ0v) is 13.2. The first kappa shape index (κ1) is 15.3. The number of halogens is 1. The van der Waals surface area contributed by atoms with Gasteiger partial charge in [-0.2, -0.15) is 0 Å². The van der Waals surface area contributed by atoms with Crippen molar-refractivity contribution in [2.24, 2.45) is 5.73 Å². The number of ether oxygens (including phenoxy) is 1. The quantitative estimate of drug-likeness (QED) is 0.887. The van der Waals surface area contributed by atoms with E-state index < -0.39 is 0 Å². The minimum atomic E-state index is 0.158. The molecule has 2 aromatic rings. The molecule has 108 valence electrons. The number of methoxy groups -OCH3 is 1. The van der Waals surface area contributed by atoms with Crippen molar-refractivity contribution in [2.75, 3.05) is 20.7 Å². The lowest BCUT2D eigenvalue weighted by molar-refractivity contribution is 0.243. The predicted octanol–water partition coefficient (Wildman–Crippen LogP) is 3.54. The van der Waals surface area contributed by atoms with E-state index in [1.165, 1.54) is 4.88 Å². The zero-order valence-electron chi connectivity index (χ0n) is 11.7. The monoisotopic (exact) mass is 310 g/mol. The van der Waals surface area contributed by atoms with Gasteiger partial charge in [0.1, 0.15) is 5.75 Å². The molecule has 3 nitrogen and oxygen atoms in total. The van der Waals surface area contributed by atoms with Gasteiger partial charge in [0.15, 0.2) is 0 Å². The van der Waals surface area contributed by atoms with E-state index in [4.69, 9.17) is 22.1 Å².